The number of carbonyl (C=O) groups excluding carboxylic acids is 1. The molecule has 0 saturated heterocycles. The molecule has 0 aromatic rings. The highest BCUT2D eigenvalue weighted by Crippen LogP contribution is 2.39. The van der Waals surface area contributed by atoms with E-state index < -0.39 is 8.32 Å². The van der Waals surface area contributed by atoms with E-state index in [1.807, 2.05) is 0 Å². The van der Waals surface area contributed by atoms with E-state index in [0.29, 0.717) is 11.8 Å². The highest BCUT2D eigenvalue weighted by molar-refractivity contribution is 6.74. The van der Waals surface area contributed by atoms with Gasteiger partial charge < -0.3 is 9.16 Å². The van der Waals surface area contributed by atoms with Crippen molar-refractivity contribution in [3.63, 3.8) is 0 Å². The molecule has 1 aliphatic rings. The first-order valence-corrected chi connectivity index (χ1v) is 15.6. The van der Waals surface area contributed by atoms with Gasteiger partial charge in [-0.15, -0.1) is 0 Å². The molecule has 31 heavy (non-hydrogen) atoms. The Hall–Kier alpha value is -0.873. The molecule has 0 bridgehead atoms. The first-order valence-electron chi connectivity index (χ1n) is 12.7. The molecule has 0 heterocycles. The smallest absolute Gasteiger partial charge is 0.303 e. The lowest BCUT2D eigenvalue weighted by Gasteiger charge is -2.37. The summed E-state index contributed by atoms with van der Waals surface area (Å²) in [4.78, 5) is 11.5. The number of ether oxygens (including phenoxy) is 1. The van der Waals surface area contributed by atoms with Crippen LogP contribution >= 0.6 is 0 Å². The van der Waals surface area contributed by atoms with Crippen LogP contribution in [-0.2, 0) is 14.0 Å². The van der Waals surface area contributed by atoms with Crippen LogP contribution in [-0.4, -0.2) is 27.0 Å². The predicted octanol–water partition coefficient (Wildman–Crippen LogP) is 8.22. The summed E-state index contributed by atoms with van der Waals surface area (Å²) in [5, 5.41) is 0.265. The molecule has 4 heteroatoms. The van der Waals surface area contributed by atoms with Gasteiger partial charge in [0.2, 0.25) is 0 Å². The van der Waals surface area contributed by atoms with Gasteiger partial charge in [-0.05, 0) is 61.7 Å². The highest BCUT2D eigenvalue weighted by Gasteiger charge is 2.38. The molecular weight excluding hydrogens is 400 g/mol. The van der Waals surface area contributed by atoms with Gasteiger partial charge in [0.05, 0.1) is 0 Å². The maximum atomic E-state index is 11.5. The molecular formula is C27H50O3Si. The summed E-state index contributed by atoms with van der Waals surface area (Å²) in [5.41, 5.74) is 0. The summed E-state index contributed by atoms with van der Waals surface area (Å²) >= 11 is 0. The molecule has 0 aliphatic heterocycles. The average Bonchev–Trinajstić information content (AvgIpc) is 3.12. The largest absolute Gasteiger partial charge is 0.458 e. The van der Waals surface area contributed by atoms with Gasteiger partial charge in [-0.25, -0.2) is 0 Å². The molecule has 1 saturated carbocycles. The van der Waals surface area contributed by atoms with Gasteiger partial charge in [-0.2, -0.15) is 0 Å². The summed E-state index contributed by atoms with van der Waals surface area (Å²) in [6.45, 7) is 16.2. The number of unbranched alkanes of at least 4 members (excludes halogenated alkanes) is 5. The van der Waals surface area contributed by atoms with Crippen molar-refractivity contribution in [2.45, 2.75) is 123 Å². The van der Waals surface area contributed by atoms with Crippen LogP contribution in [0.5, 0.6) is 0 Å². The molecule has 0 spiro atoms. The first kappa shape index (κ1) is 28.2. The third-order valence-corrected chi connectivity index (χ3v) is 11.6. The molecule has 0 aromatic carbocycles. The second-order valence-corrected chi connectivity index (χ2v) is 15.7. The summed E-state index contributed by atoms with van der Waals surface area (Å²) in [6.07, 6.45) is 20.8. The lowest BCUT2D eigenvalue weighted by Crippen LogP contribution is -2.42. The van der Waals surface area contributed by atoms with E-state index >= 15 is 0 Å². The van der Waals surface area contributed by atoms with Gasteiger partial charge in [0.25, 0.3) is 0 Å². The van der Waals surface area contributed by atoms with Crippen LogP contribution < -0.4 is 0 Å². The summed E-state index contributed by atoms with van der Waals surface area (Å²) in [7, 11) is -1.68. The lowest BCUT2D eigenvalue weighted by molar-refractivity contribution is -0.144. The Kier molecular flexibility index (Phi) is 13.0. The predicted molar refractivity (Wildman–Crippen MR) is 136 cm³/mol. The minimum absolute atomic E-state index is 0.102. The first-order chi connectivity index (χ1) is 14.6. The number of esters is 1. The van der Waals surface area contributed by atoms with Crippen LogP contribution in [0.15, 0.2) is 24.3 Å². The van der Waals surface area contributed by atoms with Crippen molar-refractivity contribution in [2.24, 2.45) is 11.8 Å². The zero-order valence-electron chi connectivity index (χ0n) is 21.5. The van der Waals surface area contributed by atoms with Crippen molar-refractivity contribution in [1.82, 2.24) is 0 Å². The maximum absolute atomic E-state index is 11.5. The van der Waals surface area contributed by atoms with Crippen molar-refractivity contribution < 1.29 is 14.0 Å². The van der Waals surface area contributed by atoms with E-state index in [-0.39, 0.29) is 17.1 Å². The number of allylic oxidation sites excluding steroid dienone is 3. The number of hydrogen-bond acceptors (Lipinski definition) is 3. The standard InChI is InChI=1S/C27H50O3Si/c1-8-9-10-11-12-13-20-26(30-23(2)28)21-15-14-17-24-18-16-19-25(24)22-29-31(6,7)27(3,4)5/h14-15,17,21,24-26H,8-13,16,18-20,22H2,1-7H3/b17-14+,21-15+/t24-,25-,26?/m0/s1. The van der Waals surface area contributed by atoms with Crippen LogP contribution in [0.25, 0.3) is 0 Å². The van der Waals surface area contributed by atoms with E-state index in [1.165, 1.54) is 58.3 Å². The Balaban J connectivity index is 2.50. The van der Waals surface area contributed by atoms with Gasteiger partial charge in [0.15, 0.2) is 8.32 Å². The fourth-order valence-corrected chi connectivity index (χ4v) is 5.05. The van der Waals surface area contributed by atoms with E-state index in [0.717, 1.165) is 19.4 Å². The molecule has 0 radical (unpaired) electrons. The summed E-state index contributed by atoms with van der Waals surface area (Å²) < 4.78 is 12.0. The van der Waals surface area contributed by atoms with E-state index in [9.17, 15) is 4.79 Å². The fourth-order valence-electron chi connectivity index (χ4n) is 3.99. The van der Waals surface area contributed by atoms with E-state index in [1.54, 1.807) is 0 Å². The molecule has 0 N–H and O–H groups in total. The molecule has 1 fully saturated rings. The lowest BCUT2D eigenvalue weighted by atomic mass is 9.96. The summed E-state index contributed by atoms with van der Waals surface area (Å²) in [6, 6.07) is 0. The summed E-state index contributed by atoms with van der Waals surface area (Å²) in [5.74, 6) is 1.04. The molecule has 3 nitrogen and oxygen atoms in total. The molecule has 1 unspecified atom stereocenters. The van der Waals surface area contributed by atoms with Crippen LogP contribution in [0.4, 0.5) is 0 Å². The second-order valence-electron chi connectivity index (χ2n) is 10.9. The van der Waals surface area contributed by atoms with E-state index in [4.69, 9.17) is 9.16 Å². The number of carbonyl (C=O) groups is 1. The van der Waals surface area contributed by atoms with Crippen molar-refractivity contribution in [3.8, 4) is 0 Å². The molecule has 180 valence electrons. The van der Waals surface area contributed by atoms with Crippen LogP contribution in [0.3, 0.4) is 0 Å². The quantitative estimate of drug-likeness (QED) is 0.116. The Morgan fingerprint density at radius 2 is 1.74 bits per heavy atom. The Labute approximate surface area is 194 Å². The Morgan fingerprint density at radius 3 is 2.39 bits per heavy atom. The van der Waals surface area contributed by atoms with E-state index in [2.05, 4.69) is 65.1 Å². The maximum Gasteiger partial charge on any atom is 0.303 e. The third kappa shape index (κ3) is 11.5. The van der Waals surface area contributed by atoms with Crippen molar-refractivity contribution in [1.29, 1.82) is 0 Å². The van der Waals surface area contributed by atoms with Crippen LogP contribution in [0, 0.1) is 11.8 Å². The zero-order chi connectivity index (χ0) is 23.3. The van der Waals surface area contributed by atoms with Crippen molar-refractivity contribution in [3.05, 3.63) is 24.3 Å². The number of hydrogen-bond donors (Lipinski definition) is 0. The highest BCUT2D eigenvalue weighted by atomic mass is 28.4. The Morgan fingerprint density at radius 1 is 1.06 bits per heavy atom. The molecule has 0 aromatic heterocycles. The van der Waals surface area contributed by atoms with Gasteiger partial charge in [0.1, 0.15) is 6.10 Å². The molecule has 0 amide bonds. The van der Waals surface area contributed by atoms with Crippen LogP contribution in [0.2, 0.25) is 18.1 Å². The van der Waals surface area contributed by atoms with Gasteiger partial charge >= 0.3 is 5.97 Å². The van der Waals surface area contributed by atoms with Gasteiger partial charge in [-0.3, -0.25) is 4.79 Å². The molecule has 1 rings (SSSR count). The number of rotatable bonds is 14. The molecule has 3 atom stereocenters. The van der Waals surface area contributed by atoms with Crippen molar-refractivity contribution >= 4 is 14.3 Å². The average molecular weight is 451 g/mol. The minimum Gasteiger partial charge on any atom is -0.458 e. The van der Waals surface area contributed by atoms with Crippen molar-refractivity contribution in [2.75, 3.05) is 6.61 Å². The fraction of sp³-hybridized carbons (Fsp3) is 0.815. The second kappa shape index (κ2) is 14.3. The van der Waals surface area contributed by atoms with Gasteiger partial charge in [-0.1, -0.05) is 84.4 Å². The zero-order valence-corrected chi connectivity index (χ0v) is 22.5. The topological polar surface area (TPSA) is 35.5 Å². The van der Waals surface area contributed by atoms with Crippen LogP contribution in [0.1, 0.15) is 98.8 Å². The minimum atomic E-state index is -1.68. The monoisotopic (exact) mass is 450 g/mol. The molecule has 1 aliphatic carbocycles. The normalized spacial score (nSPS) is 21.3. The SMILES string of the molecule is CCCCCCCCC(/C=C/C=C/[C@H]1CCC[C@H]1CO[Si](C)(C)C(C)(C)C)OC(C)=O. The van der Waals surface area contributed by atoms with Gasteiger partial charge in [0, 0.05) is 13.5 Å². The third-order valence-electron chi connectivity index (χ3n) is 7.14. The Bertz CT molecular complexity index is 559.